The Labute approximate surface area is 370 Å². The molecule has 12 N–H and O–H groups in total. The summed E-state index contributed by atoms with van der Waals surface area (Å²) in [5.74, 6) is 0. The van der Waals surface area contributed by atoms with Crippen molar-refractivity contribution in [3.63, 3.8) is 0 Å². The molecule has 4 aromatic heterocycles. The van der Waals surface area contributed by atoms with Gasteiger partial charge in [0, 0.05) is 71.4 Å². The molecule has 0 fully saturated rings. The van der Waals surface area contributed by atoms with Gasteiger partial charge in [-0.1, -0.05) is 71.5 Å². The largest absolute Gasteiger partial charge is 0.831 e. The van der Waals surface area contributed by atoms with Crippen molar-refractivity contribution in [3.8, 4) is 0 Å². The quantitative estimate of drug-likeness (QED) is 0.0716. The molecule has 1 aliphatic heterocycles. The van der Waals surface area contributed by atoms with Crippen LogP contribution in [0.2, 0.25) is 0 Å². The minimum Gasteiger partial charge on any atom is -0.831 e. The van der Waals surface area contributed by atoms with Crippen LogP contribution in [-0.4, -0.2) is 74.6 Å². The maximum absolute atomic E-state index is 12.2. The van der Waals surface area contributed by atoms with E-state index in [-0.39, 0.29) is 14.7 Å². The lowest BCUT2D eigenvalue weighted by Crippen LogP contribution is -2.19. The fourth-order valence-corrected chi connectivity index (χ4v) is 9.73. The molecule has 64 heavy (non-hydrogen) atoms. The minimum atomic E-state index is -4.77. The van der Waals surface area contributed by atoms with Gasteiger partial charge in [-0.25, -0.2) is 0 Å². The first-order valence-corrected chi connectivity index (χ1v) is 24.8. The topological polar surface area (TPSA) is 317 Å². The van der Waals surface area contributed by atoms with Crippen LogP contribution in [0.15, 0.2) is 165 Å². The smallest absolute Gasteiger partial charge is 0.112 e. The van der Waals surface area contributed by atoms with Gasteiger partial charge in [0.1, 0.15) is 21.7 Å². The fraction of sp³-hybridized carbons (Fsp3) is 0. The Hall–Kier alpha value is -5.60. The molecule has 0 saturated heterocycles. The zero-order chi connectivity index (χ0) is 45.3. The molecule has 0 unspecified atom stereocenters. The van der Waals surface area contributed by atoms with Gasteiger partial charge in [0.2, 0.25) is 0 Å². The van der Waals surface area contributed by atoms with Crippen LogP contribution >= 0.6 is 43.5 Å². The molecule has 0 atom stereocenters. The van der Waals surface area contributed by atoms with Gasteiger partial charge in [0.15, 0.2) is 0 Å². The summed E-state index contributed by atoms with van der Waals surface area (Å²) >= 11 is 0. The summed E-state index contributed by atoms with van der Waals surface area (Å²) in [6.07, 6.45) is 0. The number of rotatable bonds is 8. The Morgan fingerprint density at radius 3 is 0.766 bits per heavy atom. The van der Waals surface area contributed by atoms with Crippen LogP contribution in [0, 0.1) is 0 Å². The maximum atomic E-state index is 12.2. The molecule has 8 bridgehead atoms. The number of benzene rings is 4. The molecule has 20 heteroatoms. The Balaban J connectivity index is 1.38. The van der Waals surface area contributed by atoms with Crippen LogP contribution in [0.25, 0.3) is 22.3 Å². The van der Waals surface area contributed by atoms with E-state index in [1.54, 1.807) is 36.4 Å². The first kappa shape index (κ1) is 43.6. The van der Waals surface area contributed by atoms with Crippen molar-refractivity contribution in [1.82, 2.24) is 19.9 Å². The number of nitrogens with one attached hydrogen (secondary N) is 4. The number of H-pyrrole nitrogens is 4. The van der Waals surface area contributed by atoms with Gasteiger partial charge in [0.05, 0.1) is 9.79 Å². The molecule has 0 aliphatic carbocycles. The summed E-state index contributed by atoms with van der Waals surface area (Å²) in [6.45, 7) is 0. The van der Waals surface area contributed by atoms with Crippen molar-refractivity contribution in [3.05, 3.63) is 212 Å². The van der Waals surface area contributed by atoms with E-state index in [0.29, 0.717) is 88.7 Å². The molecule has 0 radical (unpaired) electrons. The molecule has 4 aromatic carbocycles. The molecule has 0 amide bonds. The van der Waals surface area contributed by atoms with Gasteiger partial charge < -0.3 is 85.4 Å². The van der Waals surface area contributed by atoms with E-state index in [0.717, 1.165) is 0 Å². The number of hydrogen-bond donors (Lipinski definition) is 12. The van der Waals surface area contributed by atoms with Crippen LogP contribution in [0.3, 0.4) is 0 Å². The van der Waals surface area contributed by atoms with E-state index < -0.39 is 48.4 Å². The lowest BCUT2D eigenvalue weighted by Gasteiger charge is -2.64. The summed E-state index contributed by atoms with van der Waals surface area (Å²) in [5, 5.41) is 2.27. The second kappa shape index (κ2) is 16.1. The van der Waals surface area contributed by atoms with Crippen molar-refractivity contribution in [2.75, 3.05) is 0 Å². The Morgan fingerprint density at radius 1 is 0.281 bits per heavy atom. The molecule has 5 heterocycles. The standard InChI is InChI=1S/C44H40N4O12S4/c49-61(50,51)29-9-1-25(2-10-29)41-33-17-19-35(45-33)42(26-3-11-30(12-4-26)62(52,53)54)37-21-23-39(47-37)44(28-7-15-32(16-8-28)64(58,59)60)40-24-22-38(48-40)43(36-20-18-34(41)46-36)27-5-13-31(14-6-27)63(55,56)57/h1-24,45-60H/p-4. The van der Waals surface area contributed by atoms with Crippen LogP contribution in [0.1, 0.15) is 45.0 Å². The van der Waals surface area contributed by atoms with E-state index in [4.69, 9.17) is 0 Å². The van der Waals surface area contributed by atoms with E-state index >= 15 is 0 Å². The highest BCUT2D eigenvalue weighted by molar-refractivity contribution is 8.20. The first-order valence-electron chi connectivity index (χ1n) is 18.9. The van der Waals surface area contributed by atoms with Crippen LogP contribution in [-0.2, 0) is 0 Å². The molecular formula is C44H36N4O12S4-4. The number of fused-ring (bicyclic) bond motifs is 8. The minimum absolute atomic E-state index is 0.0932. The summed E-state index contributed by atoms with van der Waals surface area (Å²) < 4.78 is 128. The monoisotopic (exact) mass is 940 g/mol. The van der Waals surface area contributed by atoms with E-state index in [1.165, 1.54) is 60.7 Å². The zero-order valence-electron chi connectivity index (χ0n) is 32.7. The average molecular weight is 941 g/mol. The molecule has 0 saturated carbocycles. The lowest BCUT2D eigenvalue weighted by atomic mass is 10.0. The molecule has 16 nitrogen and oxygen atoms in total. The second-order valence-corrected chi connectivity index (χ2v) is 20.6. The van der Waals surface area contributed by atoms with Crippen LogP contribution in [0.4, 0.5) is 0 Å². The third kappa shape index (κ3) is 8.54. The Bertz CT molecular complexity index is 2860. The van der Waals surface area contributed by atoms with Gasteiger partial charge in [-0.2, -0.15) is 0 Å². The third-order valence-electron chi connectivity index (χ3n) is 10.7. The highest BCUT2D eigenvalue weighted by Gasteiger charge is 2.21. The molecule has 1 aliphatic rings. The van der Waals surface area contributed by atoms with E-state index in [2.05, 4.69) is 19.9 Å². The van der Waals surface area contributed by atoms with Crippen molar-refractivity contribution in [2.45, 2.75) is 19.6 Å². The molecule has 9 rings (SSSR count). The molecular weight excluding hydrogens is 905 g/mol. The van der Waals surface area contributed by atoms with Gasteiger partial charge in [-0.05, 0) is 112 Å². The highest BCUT2D eigenvalue weighted by atomic mass is 32.3. The SMILES string of the molecule is [O-]S([O-])([O-])c1ccc(C2=c3ccc([nH]3)=C(c3ccc(S([O-])(O)O)cc3)c3ccc([nH]3)C(c3ccc(S(O)(O)O)cc3)=c3ccc([nH]3)=C(c3ccc(S(O)(O)O)cc3)c3ccc2[nH]3)cc1. The number of aromatic nitrogens is 4. The van der Waals surface area contributed by atoms with Gasteiger partial charge in [0.25, 0.3) is 0 Å². The Kier molecular flexibility index (Phi) is 11.0. The molecule has 8 aromatic rings. The van der Waals surface area contributed by atoms with Gasteiger partial charge in [-0.3, -0.25) is 0 Å². The lowest BCUT2D eigenvalue weighted by molar-refractivity contribution is 0.333. The zero-order valence-corrected chi connectivity index (χ0v) is 36.0. The summed E-state index contributed by atoms with van der Waals surface area (Å²) in [5.41, 5.74) is 6.93. The normalized spacial score (nSPS) is 14.8. The summed E-state index contributed by atoms with van der Waals surface area (Å²) in [6, 6.07) is 38.0. The first-order chi connectivity index (χ1) is 30.2. The predicted molar refractivity (Wildman–Crippen MR) is 241 cm³/mol. The summed E-state index contributed by atoms with van der Waals surface area (Å²) in [7, 11) is -17.1. The molecule has 0 spiro atoms. The number of hydrogen-bond acceptors (Lipinski definition) is 12. The predicted octanol–water partition coefficient (Wildman–Crippen LogP) is 7.26. The van der Waals surface area contributed by atoms with Gasteiger partial charge >= 0.3 is 0 Å². The van der Waals surface area contributed by atoms with Gasteiger partial charge in [-0.15, -0.1) is 0 Å². The van der Waals surface area contributed by atoms with Crippen LogP contribution < -0.4 is 21.4 Å². The second-order valence-electron chi connectivity index (χ2n) is 14.7. The van der Waals surface area contributed by atoms with Crippen LogP contribution in [0.5, 0.6) is 0 Å². The maximum Gasteiger partial charge on any atom is 0.112 e. The Morgan fingerprint density at radius 2 is 0.531 bits per heavy atom. The molecule has 332 valence electrons. The average Bonchev–Trinajstić information content (AvgIpc) is 4.08. The van der Waals surface area contributed by atoms with Crippen molar-refractivity contribution in [2.24, 2.45) is 0 Å². The van der Waals surface area contributed by atoms with E-state index in [1.807, 2.05) is 48.5 Å². The van der Waals surface area contributed by atoms with Crippen molar-refractivity contribution in [1.29, 1.82) is 0 Å². The highest BCUT2D eigenvalue weighted by Crippen LogP contribution is 2.46. The third-order valence-corrected chi connectivity index (χ3v) is 14.2. The van der Waals surface area contributed by atoms with Crippen molar-refractivity contribution < 1.29 is 54.6 Å². The summed E-state index contributed by atoms with van der Waals surface area (Å²) in [4.78, 5) is 13.2. The fourth-order valence-electron chi connectivity index (χ4n) is 7.77. The van der Waals surface area contributed by atoms with Crippen molar-refractivity contribution >= 4 is 65.8 Å². The number of aromatic amines is 4. The van der Waals surface area contributed by atoms with E-state index in [9.17, 15) is 54.6 Å².